The van der Waals surface area contributed by atoms with E-state index in [1.165, 1.54) is 18.2 Å². The van der Waals surface area contributed by atoms with E-state index >= 15 is 0 Å². The molecule has 0 unspecified atom stereocenters. The summed E-state index contributed by atoms with van der Waals surface area (Å²) in [5.74, 6) is -0.331. The Hall–Kier alpha value is -3.87. The highest BCUT2D eigenvalue weighted by Gasteiger charge is 2.14. The minimum atomic E-state index is -0.331. The normalized spacial score (nSPS) is 11.3. The molecule has 4 heterocycles. The molecule has 5 aromatic rings. The van der Waals surface area contributed by atoms with Crippen molar-refractivity contribution >= 4 is 16.8 Å². The molecule has 6 nitrogen and oxygen atoms in total. The van der Waals surface area contributed by atoms with E-state index in [0.717, 1.165) is 11.2 Å². The second kappa shape index (κ2) is 5.84. The van der Waals surface area contributed by atoms with Crippen molar-refractivity contribution in [2.75, 3.05) is 0 Å². The molecule has 0 saturated carbocycles. The van der Waals surface area contributed by atoms with Gasteiger partial charge in [0.05, 0.1) is 11.4 Å². The van der Waals surface area contributed by atoms with Gasteiger partial charge in [0, 0.05) is 35.8 Å². The van der Waals surface area contributed by atoms with Crippen molar-refractivity contribution in [2.45, 2.75) is 0 Å². The molecule has 0 aliphatic rings. The van der Waals surface area contributed by atoms with E-state index < -0.39 is 0 Å². The van der Waals surface area contributed by atoms with Crippen LogP contribution in [0.4, 0.5) is 4.39 Å². The number of halogens is 1. The van der Waals surface area contributed by atoms with Crippen LogP contribution in [0.5, 0.6) is 0 Å². The Balaban J connectivity index is 1.82. The van der Waals surface area contributed by atoms with Crippen LogP contribution in [0.2, 0.25) is 0 Å². The van der Waals surface area contributed by atoms with E-state index in [1.807, 2.05) is 28.9 Å². The van der Waals surface area contributed by atoms with Gasteiger partial charge in [-0.2, -0.15) is 0 Å². The molecule has 0 aliphatic heterocycles. The molecule has 27 heavy (non-hydrogen) atoms. The van der Waals surface area contributed by atoms with Crippen molar-refractivity contribution in [1.82, 2.24) is 24.3 Å². The third kappa shape index (κ3) is 2.65. The number of nitrogens with zero attached hydrogens (tertiary/aromatic N) is 4. The molecular weight excluding hydrogens is 345 g/mol. The van der Waals surface area contributed by atoms with Gasteiger partial charge in [0.2, 0.25) is 5.56 Å². The van der Waals surface area contributed by atoms with E-state index in [4.69, 9.17) is 4.98 Å². The van der Waals surface area contributed by atoms with Crippen LogP contribution < -0.4 is 5.56 Å². The summed E-state index contributed by atoms with van der Waals surface area (Å²) in [4.78, 5) is 27.9. The zero-order valence-corrected chi connectivity index (χ0v) is 13.9. The maximum absolute atomic E-state index is 13.4. The van der Waals surface area contributed by atoms with E-state index in [9.17, 15) is 9.18 Å². The van der Waals surface area contributed by atoms with Crippen LogP contribution in [0.3, 0.4) is 0 Å². The minimum absolute atomic E-state index is 0.255. The Bertz CT molecular complexity index is 1350. The maximum atomic E-state index is 13.4. The predicted octanol–water partition coefficient (Wildman–Crippen LogP) is 3.44. The van der Waals surface area contributed by atoms with Crippen molar-refractivity contribution in [2.24, 2.45) is 0 Å². The van der Waals surface area contributed by atoms with E-state index in [0.29, 0.717) is 28.1 Å². The standard InChI is InChI=1S/C20H12FN5O/c21-14-4-1-12(2-5-14)18-19(13-3-7-16-22-9-10-26(16)11-13)23-15-6-8-17(27)24-20(15)25-18/h1-11H,(H,24,25,27). The van der Waals surface area contributed by atoms with Gasteiger partial charge in [-0.05, 0) is 42.5 Å². The molecule has 5 rings (SSSR count). The Morgan fingerprint density at radius 1 is 0.889 bits per heavy atom. The first-order chi connectivity index (χ1) is 13.2. The molecule has 130 valence electrons. The molecule has 0 saturated heterocycles. The summed E-state index contributed by atoms with van der Waals surface area (Å²) >= 11 is 0. The van der Waals surface area contributed by atoms with Crippen molar-refractivity contribution < 1.29 is 4.39 Å². The topological polar surface area (TPSA) is 75.9 Å². The zero-order valence-electron chi connectivity index (χ0n) is 13.9. The molecular formula is C20H12FN5O. The van der Waals surface area contributed by atoms with Crippen LogP contribution in [-0.4, -0.2) is 24.3 Å². The molecule has 0 fully saturated rings. The summed E-state index contributed by atoms with van der Waals surface area (Å²) in [7, 11) is 0. The van der Waals surface area contributed by atoms with Gasteiger partial charge in [-0.1, -0.05) is 0 Å². The smallest absolute Gasteiger partial charge is 0.249 e. The first kappa shape index (κ1) is 15.4. The monoisotopic (exact) mass is 357 g/mol. The first-order valence-electron chi connectivity index (χ1n) is 8.27. The summed E-state index contributed by atoms with van der Waals surface area (Å²) < 4.78 is 15.3. The van der Waals surface area contributed by atoms with Crippen LogP contribution in [-0.2, 0) is 0 Å². The number of pyridine rings is 2. The second-order valence-corrected chi connectivity index (χ2v) is 6.09. The molecule has 0 bridgehead atoms. The summed E-state index contributed by atoms with van der Waals surface area (Å²) in [5.41, 5.74) is 4.25. The molecule has 0 radical (unpaired) electrons. The van der Waals surface area contributed by atoms with Gasteiger partial charge in [0.25, 0.3) is 0 Å². The number of hydrogen-bond donors (Lipinski definition) is 1. The van der Waals surface area contributed by atoms with Crippen molar-refractivity contribution in [3.63, 3.8) is 0 Å². The van der Waals surface area contributed by atoms with Crippen molar-refractivity contribution in [3.05, 3.63) is 83.3 Å². The summed E-state index contributed by atoms with van der Waals surface area (Å²) in [5, 5.41) is 0. The van der Waals surface area contributed by atoms with Gasteiger partial charge in [-0.15, -0.1) is 0 Å². The van der Waals surface area contributed by atoms with Crippen LogP contribution in [0.1, 0.15) is 0 Å². The molecule has 0 amide bonds. The third-order valence-electron chi connectivity index (χ3n) is 4.34. The summed E-state index contributed by atoms with van der Waals surface area (Å²) in [6, 6.07) is 12.9. The van der Waals surface area contributed by atoms with Gasteiger partial charge in [0.15, 0.2) is 5.65 Å². The highest BCUT2D eigenvalue weighted by Crippen LogP contribution is 2.30. The lowest BCUT2D eigenvalue weighted by molar-refractivity contribution is 0.628. The molecule has 0 spiro atoms. The molecule has 4 aromatic heterocycles. The Kier molecular flexibility index (Phi) is 3.33. The lowest BCUT2D eigenvalue weighted by Crippen LogP contribution is -2.06. The molecule has 1 aromatic carbocycles. The number of aromatic amines is 1. The number of fused-ring (bicyclic) bond motifs is 2. The molecule has 1 N–H and O–H groups in total. The number of nitrogens with one attached hydrogen (secondary N) is 1. The lowest BCUT2D eigenvalue weighted by Gasteiger charge is -2.10. The van der Waals surface area contributed by atoms with Crippen LogP contribution >= 0.6 is 0 Å². The largest absolute Gasteiger partial charge is 0.306 e. The molecule has 0 atom stereocenters. The molecule has 0 aliphatic carbocycles. The molecule has 7 heteroatoms. The minimum Gasteiger partial charge on any atom is -0.306 e. The predicted molar refractivity (Wildman–Crippen MR) is 99.7 cm³/mol. The highest BCUT2D eigenvalue weighted by molar-refractivity contribution is 5.84. The van der Waals surface area contributed by atoms with E-state index in [1.54, 1.807) is 24.4 Å². The Labute approximate surface area is 152 Å². The van der Waals surface area contributed by atoms with Gasteiger partial charge in [-0.25, -0.2) is 19.3 Å². The average molecular weight is 357 g/mol. The number of H-pyrrole nitrogens is 1. The first-order valence-corrected chi connectivity index (χ1v) is 8.27. The number of imidazole rings is 1. The van der Waals surface area contributed by atoms with Gasteiger partial charge in [0.1, 0.15) is 17.0 Å². The average Bonchev–Trinajstić information content (AvgIpc) is 3.15. The fourth-order valence-corrected chi connectivity index (χ4v) is 3.04. The number of hydrogen-bond acceptors (Lipinski definition) is 4. The van der Waals surface area contributed by atoms with E-state index in [2.05, 4.69) is 15.0 Å². The van der Waals surface area contributed by atoms with Crippen molar-refractivity contribution in [3.8, 4) is 22.5 Å². The summed E-state index contributed by atoms with van der Waals surface area (Å²) in [6.45, 7) is 0. The zero-order chi connectivity index (χ0) is 18.4. The van der Waals surface area contributed by atoms with Gasteiger partial charge < -0.3 is 9.38 Å². The fraction of sp³-hybridized carbons (Fsp3) is 0. The maximum Gasteiger partial charge on any atom is 0.249 e. The van der Waals surface area contributed by atoms with Gasteiger partial charge in [-0.3, -0.25) is 4.79 Å². The number of aromatic nitrogens is 5. The SMILES string of the molecule is O=c1ccc2nc(-c3ccc4nccn4c3)c(-c3ccc(F)cc3)nc2[nH]1. The number of benzene rings is 1. The third-order valence-corrected chi connectivity index (χ3v) is 4.34. The lowest BCUT2D eigenvalue weighted by atomic mass is 10.0. The number of rotatable bonds is 2. The van der Waals surface area contributed by atoms with Crippen LogP contribution in [0.15, 0.2) is 71.9 Å². The Morgan fingerprint density at radius 3 is 2.52 bits per heavy atom. The van der Waals surface area contributed by atoms with Crippen LogP contribution in [0.25, 0.3) is 39.3 Å². The van der Waals surface area contributed by atoms with Crippen molar-refractivity contribution in [1.29, 1.82) is 0 Å². The Morgan fingerprint density at radius 2 is 1.67 bits per heavy atom. The highest BCUT2D eigenvalue weighted by atomic mass is 19.1. The second-order valence-electron chi connectivity index (χ2n) is 6.09. The van der Waals surface area contributed by atoms with E-state index in [-0.39, 0.29) is 11.4 Å². The van der Waals surface area contributed by atoms with Crippen LogP contribution in [0, 0.1) is 5.82 Å². The fourth-order valence-electron chi connectivity index (χ4n) is 3.04. The van der Waals surface area contributed by atoms with Gasteiger partial charge >= 0.3 is 0 Å². The quantitative estimate of drug-likeness (QED) is 0.525. The summed E-state index contributed by atoms with van der Waals surface area (Å²) in [6.07, 6.45) is 5.48.